The number of nitrogens with one attached hydrogen (secondary N) is 1. The number of anilines is 1. The van der Waals surface area contributed by atoms with Gasteiger partial charge in [-0.2, -0.15) is 11.8 Å². The van der Waals surface area contributed by atoms with Gasteiger partial charge in [-0.05, 0) is 30.4 Å². The van der Waals surface area contributed by atoms with Gasteiger partial charge in [0.2, 0.25) is 5.91 Å². The summed E-state index contributed by atoms with van der Waals surface area (Å²) in [7, 11) is 0. The van der Waals surface area contributed by atoms with E-state index in [9.17, 15) is 4.79 Å². The number of carbonyl (C=O) groups is 1. The predicted molar refractivity (Wildman–Crippen MR) is 81.4 cm³/mol. The number of thioether (sulfide) groups is 1. The first kappa shape index (κ1) is 14.3. The Hall–Kier alpha value is -1.15. The summed E-state index contributed by atoms with van der Waals surface area (Å²) in [6.07, 6.45) is 0.948. The van der Waals surface area contributed by atoms with Gasteiger partial charge in [0.05, 0.1) is 11.6 Å². The first-order valence-corrected chi connectivity index (χ1v) is 7.61. The van der Waals surface area contributed by atoms with Crippen molar-refractivity contribution in [1.82, 2.24) is 0 Å². The van der Waals surface area contributed by atoms with E-state index in [-0.39, 0.29) is 18.4 Å². The van der Waals surface area contributed by atoms with E-state index < -0.39 is 0 Å². The molecule has 1 unspecified atom stereocenters. The van der Waals surface area contributed by atoms with Crippen LogP contribution in [0.25, 0.3) is 0 Å². The lowest BCUT2D eigenvalue weighted by Gasteiger charge is -2.10. The van der Waals surface area contributed by atoms with E-state index in [4.69, 9.17) is 17.3 Å². The van der Waals surface area contributed by atoms with Crippen molar-refractivity contribution < 1.29 is 4.79 Å². The van der Waals surface area contributed by atoms with Crippen LogP contribution in [0.3, 0.4) is 0 Å². The molecule has 100 valence electrons. The Kier molecular flexibility index (Phi) is 5.15. The van der Waals surface area contributed by atoms with Crippen molar-refractivity contribution in [3.63, 3.8) is 0 Å². The summed E-state index contributed by atoms with van der Waals surface area (Å²) in [4.78, 5) is 12.0. The van der Waals surface area contributed by atoms with E-state index in [1.807, 2.05) is 11.8 Å². The molecular weight excluding hydrogens is 280 g/mol. The van der Waals surface area contributed by atoms with E-state index in [1.54, 1.807) is 18.2 Å². The Bertz CT molecular complexity index is 530. The summed E-state index contributed by atoms with van der Waals surface area (Å²) in [6, 6.07) is 5.31. The van der Waals surface area contributed by atoms with Crippen LogP contribution in [0.5, 0.6) is 0 Å². The lowest BCUT2D eigenvalue weighted by molar-refractivity contribution is -0.119. The normalized spacial score (nSPS) is 17.7. The summed E-state index contributed by atoms with van der Waals surface area (Å²) in [6.45, 7) is 0.284. The van der Waals surface area contributed by atoms with Crippen molar-refractivity contribution in [1.29, 1.82) is 0 Å². The molecule has 0 aliphatic carbocycles. The summed E-state index contributed by atoms with van der Waals surface area (Å²) >= 11 is 7.86. The minimum atomic E-state index is 0.0741. The second-order valence-electron chi connectivity index (χ2n) is 4.25. The third-order valence-electron chi connectivity index (χ3n) is 2.86. The highest BCUT2D eigenvalue weighted by Crippen LogP contribution is 2.25. The van der Waals surface area contributed by atoms with Crippen LogP contribution in [0, 0.1) is 17.8 Å². The van der Waals surface area contributed by atoms with Crippen molar-refractivity contribution in [3.8, 4) is 11.8 Å². The van der Waals surface area contributed by atoms with E-state index >= 15 is 0 Å². The molecule has 1 amide bonds. The zero-order chi connectivity index (χ0) is 13.7. The van der Waals surface area contributed by atoms with Crippen LogP contribution in [-0.4, -0.2) is 24.0 Å². The number of amides is 1. The molecule has 0 bridgehead atoms. The maximum Gasteiger partial charge on any atom is 0.228 e. The number of nitrogens with two attached hydrogens (primary N) is 1. The largest absolute Gasteiger partial charge is 0.326 e. The SMILES string of the molecule is NCC#Cc1cc(NC(=O)C2CCSC2)ccc1Cl. The second kappa shape index (κ2) is 6.85. The molecule has 0 radical (unpaired) electrons. The second-order valence-corrected chi connectivity index (χ2v) is 5.81. The van der Waals surface area contributed by atoms with E-state index in [0.29, 0.717) is 10.6 Å². The summed E-state index contributed by atoms with van der Waals surface area (Å²) in [5.74, 6) is 7.80. The third kappa shape index (κ3) is 3.90. The van der Waals surface area contributed by atoms with Gasteiger partial charge < -0.3 is 11.1 Å². The molecule has 5 heteroatoms. The number of hydrogen-bond donors (Lipinski definition) is 2. The molecule has 0 spiro atoms. The zero-order valence-electron chi connectivity index (χ0n) is 10.4. The average Bonchev–Trinajstić information content (AvgIpc) is 2.93. The highest BCUT2D eigenvalue weighted by atomic mass is 35.5. The molecule has 1 fully saturated rings. The molecule has 0 aromatic heterocycles. The molecule has 1 aliphatic rings. The topological polar surface area (TPSA) is 55.1 Å². The van der Waals surface area contributed by atoms with Gasteiger partial charge in [0, 0.05) is 22.9 Å². The number of benzene rings is 1. The molecule has 1 aliphatic heterocycles. The van der Waals surface area contributed by atoms with Crippen molar-refractivity contribution >= 4 is 35.0 Å². The van der Waals surface area contributed by atoms with Gasteiger partial charge >= 0.3 is 0 Å². The van der Waals surface area contributed by atoms with E-state index in [1.165, 1.54) is 0 Å². The fraction of sp³-hybridized carbons (Fsp3) is 0.357. The predicted octanol–water partition coefficient (Wildman–Crippen LogP) is 2.34. The Morgan fingerprint density at radius 3 is 3.11 bits per heavy atom. The summed E-state index contributed by atoms with van der Waals surface area (Å²) < 4.78 is 0. The number of halogens is 1. The summed E-state index contributed by atoms with van der Waals surface area (Å²) in [5, 5.41) is 3.48. The van der Waals surface area contributed by atoms with Crippen molar-refractivity contribution in [2.24, 2.45) is 11.7 Å². The van der Waals surface area contributed by atoms with Crippen molar-refractivity contribution in [2.75, 3.05) is 23.4 Å². The lowest BCUT2D eigenvalue weighted by atomic mass is 10.1. The molecular formula is C14H15ClN2OS. The van der Waals surface area contributed by atoms with E-state index in [0.717, 1.165) is 23.6 Å². The fourth-order valence-corrected chi connectivity index (χ4v) is 3.22. The van der Waals surface area contributed by atoms with Gasteiger partial charge in [-0.25, -0.2) is 0 Å². The number of carbonyl (C=O) groups excluding carboxylic acids is 1. The van der Waals surface area contributed by atoms with Crippen molar-refractivity contribution in [3.05, 3.63) is 28.8 Å². The van der Waals surface area contributed by atoms with Crippen LogP contribution in [0.2, 0.25) is 5.02 Å². The standard InChI is InChI=1S/C14H15ClN2OS/c15-13-4-3-12(8-10(13)2-1-6-16)17-14(18)11-5-7-19-9-11/h3-4,8,11H,5-7,9,16H2,(H,17,18). The van der Waals surface area contributed by atoms with E-state index in [2.05, 4.69) is 17.2 Å². The fourth-order valence-electron chi connectivity index (χ4n) is 1.83. The van der Waals surface area contributed by atoms with Crippen LogP contribution >= 0.6 is 23.4 Å². The Morgan fingerprint density at radius 2 is 2.42 bits per heavy atom. The molecule has 19 heavy (non-hydrogen) atoms. The lowest BCUT2D eigenvalue weighted by Crippen LogP contribution is -2.22. The zero-order valence-corrected chi connectivity index (χ0v) is 12.0. The number of rotatable bonds is 2. The van der Waals surface area contributed by atoms with Crippen LogP contribution in [0.1, 0.15) is 12.0 Å². The molecule has 1 heterocycles. The van der Waals surface area contributed by atoms with Gasteiger partial charge in [-0.3, -0.25) is 4.79 Å². The molecule has 2 rings (SSSR count). The Balaban J connectivity index is 2.10. The molecule has 3 nitrogen and oxygen atoms in total. The molecule has 1 aromatic carbocycles. The average molecular weight is 295 g/mol. The van der Waals surface area contributed by atoms with Gasteiger partial charge in [0.15, 0.2) is 0 Å². The highest BCUT2D eigenvalue weighted by molar-refractivity contribution is 7.99. The van der Waals surface area contributed by atoms with Gasteiger partial charge in [0.1, 0.15) is 0 Å². The number of hydrogen-bond acceptors (Lipinski definition) is 3. The quantitative estimate of drug-likeness (QED) is 0.823. The summed E-state index contributed by atoms with van der Waals surface area (Å²) in [5.41, 5.74) is 6.75. The third-order valence-corrected chi connectivity index (χ3v) is 4.35. The molecule has 1 saturated heterocycles. The van der Waals surface area contributed by atoms with Crippen LogP contribution in [0.4, 0.5) is 5.69 Å². The monoisotopic (exact) mass is 294 g/mol. The molecule has 3 N–H and O–H groups in total. The Morgan fingerprint density at radius 1 is 1.58 bits per heavy atom. The van der Waals surface area contributed by atoms with Gasteiger partial charge in [-0.15, -0.1) is 0 Å². The van der Waals surface area contributed by atoms with Gasteiger partial charge in [0.25, 0.3) is 0 Å². The Labute approximate surface area is 122 Å². The maximum atomic E-state index is 12.0. The molecule has 1 aromatic rings. The maximum absolute atomic E-state index is 12.0. The molecule has 1 atom stereocenters. The smallest absolute Gasteiger partial charge is 0.228 e. The minimum absolute atomic E-state index is 0.0741. The molecule has 0 saturated carbocycles. The van der Waals surface area contributed by atoms with Crippen LogP contribution in [-0.2, 0) is 4.79 Å². The first-order chi connectivity index (χ1) is 9.20. The first-order valence-electron chi connectivity index (χ1n) is 6.08. The minimum Gasteiger partial charge on any atom is -0.326 e. The van der Waals surface area contributed by atoms with Crippen LogP contribution < -0.4 is 11.1 Å². The van der Waals surface area contributed by atoms with Crippen LogP contribution in [0.15, 0.2) is 18.2 Å². The van der Waals surface area contributed by atoms with Gasteiger partial charge in [-0.1, -0.05) is 23.4 Å². The highest BCUT2D eigenvalue weighted by Gasteiger charge is 2.23. The van der Waals surface area contributed by atoms with Crippen molar-refractivity contribution in [2.45, 2.75) is 6.42 Å².